The monoisotopic (exact) mass is 361 g/mol. The number of aliphatic hydroxyl groups excluding tert-OH is 6. The van der Waals surface area contributed by atoms with Crippen LogP contribution >= 0.6 is 11.6 Å². The van der Waals surface area contributed by atoms with Crippen molar-refractivity contribution >= 4 is 11.6 Å². The second-order valence-electron chi connectivity index (χ2n) is 5.56. The third kappa shape index (κ3) is 3.10. The van der Waals surface area contributed by atoms with Gasteiger partial charge in [-0.2, -0.15) is 0 Å². The average Bonchev–Trinajstić information content (AvgIpc) is 2.78. The van der Waals surface area contributed by atoms with Crippen molar-refractivity contribution in [3.05, 3.63) is 0 Å². The summed E-state index contributed by atoms with van der Waals surface area (Å²) < 4.78 is 17.9. The second kappa shape index (κ2) is 7.02. The third-order valence-corrected chi connectivity index (χ3v) is 4.63. The molecule has 2 aliphatic rings. The lowest BCUT2D eigenvalue weighted by Crippen LogP contribution is -2.66. The number of alkyl halides is 1. The van der Waals surface area contributed by atoms with E-state index in [1.807, 2.05) is 0 Å². The SMILES string of the molecule is [2H]C(O)([C@H]1O[C@H](CO)[C@H](Cl)[C@H](O)[C@H]1O)[C@]1(O)O[C@H](CO)[C@@H](O)[C@@H]1O. The van der Waals surface area contributed by atoms with Crippen molar-refractivity contribution in [2.24, 2.45) is 0 Å². The van der Waals surface area contributed by atoms with Crippen LogP contribution < -0.4 is 0 Å². The van der Waals surface area contributed by atoms with Gasteiger partial charge in [0.1, 0.15) is 48.8 Å². The average molecular weight is 362 g/mol. The van der Waals surface area contributed by atoms with E-state index in [1.165, 1.54) is 0 Å². The number of rotatable bonds is 4. The highest BCUT2D eigenvalue weighted by molar-refractivity contribution is 6.21. The van der Waals surface area contributed by atoms with Gasteiger partial charge in [0.05, 0.1) is 20.0 Å². The van der Waals surface area contributed by atoms with Crippen molar-refractivity contribution in [3.63, 3.8) is 0 Å². The van der Waals surface area contributed by atoms with Crippen molar-refractivity contribution in [2.75, 3.05) is 13.2 Å². The molecule has 2 fully saturated rings. The van der Waals surface area contributed by atoms with Gasteiger partial charge in [-0.05, 0) is 0 Å². The molecular weight excluding hydrogens is 340 g/mol. The summed E-state index contributed by atoms with van der Waals surface area (Å²) in [5, 5.41) is 77.3. The van der Waals surface area contributed by atoms with E-state index in [2.05, 4.69) is 0 Å². The van der Waals surface area contributed by atoms with Crippen molar-refractivity contribution in [1.82, 2.24) is 0 Å². The Balaban J connectivity index is 2.34. The molecule has 0 bridgehead atoms. The Morgan fingerprint density at radius 3 is 2.09 bits per heavy atom. The van der Waals surface area contributed by atoms with Gasteiger partial charge in [-0.25, -0.2) is 0 Å². The molecule has 0 spiro atoms. The fourth-order valence-electron chi connectivity index (χ4n) is 2.67. The van der Waals surface area contributed by atoms with E-state index in [9.17, 15) is 35.7 Å². The fraction of sp³-hybridized carbons (Fsp3) is 1.00. The van der Waals surface area contributed by atoms with Crippen LogP contribution in [0.3, 0.4) is 0 Å². The molecule has 0 amide bonds. The van der Waals surface area contributed by atoms with Gasteiger partial charge in [-0.3, -0.25) is 0 Å². The molecule has 23 heavy (non-hydrogen) atoms. The molecule has 0 aromatic carbocycles. The van der Waals surface area contributed by atoms with Gasteiger partial charge in [-0.1, -0.05) is 0 Å². The zero-order chi connectivity index (χ0) is 18.4. The topological polar surface area (TPSA) is 180 Å². The largest absolute Gasteiger partial charge is 0.394 e. The van der Waals surface area contributed by atoms with Gasteiger partial charge in [-0.15, -0.1) is 11.6 Å². The van der Waals surface area contributed by atoms with Gasteiger partial charge in [0.15, 0.2) is 0 Å². The summed E-state index contributed by atoms with van der Waals surface area (Å²) in [6.45, 7) is -1.56. The Hall–Kier alpha value is -0.110. The maximum atomic E-state index is 10.4. The first-order valence-corrected chi connectivity index (χ1v) is 7.32. The number of halogens is 1. The predicted octanol–water partition coefficient (Wildman–Crippen LogP) is -4.76. The first kappa shape index (κ1) is 17.7. The van der Waals surface area contributed by atoms with Gasteiger partial charge in [0.25, 0.3) is 0 Å². The summed E-state index contributed by atoms with van der Waals surface area (Å²) in [6.07, 6.45) is -16.0. The Kier molecular flexibility index (Phi) is 5.40. The standard InChI is InChI=1S/C12H21ClO10/c13-5-3(1-14)22-9(8(18)7(5)17)11(20)12(21)10(19)6(16)4(2-15)23-12/h3-11,14-21H,1-2H2/t3-,4-,5+,6-,7+,8-,9+,10+,11?,12-/m1/s1/i11D. The van der Waals surface area contributed by atoms with E-state index >= 15 is 0 Å². The molecule has 10 nitrogen and oxygen atoms in total. The van der Waals surface area contributed by atoms with Crippen LogP contribution in [-0.2, 0) is 9.47 Å². The summed E-state index contributed by atoms with van der Waals surface area (Å²) in [6, 6.07) is 0. The van der Waals surface area contributed by atoms with Crippen molar-refractivity contribution in [1.29, 1.82) is 0 Å². The lowest BCUT2D eigenvalue weighted by Gasteiger charge is -2.44. The quantitative estimate of drug-likeness (QED) is 0.226. The van der Waals surface area contributed by atoms with Crippen LogP contribution in [-0.4, -0.2) is 114 Å². The van der Waals surface area contributed by atoms with Crippen molar-refractivity contribution < 1.29 is 51.7 Å². The summed E-state index contributed by atoms with van der Waals surface area (Å²) in [5.74, 6) is -3.16. The second-order valence-corrected chi connectivity index (χ2v) is 6.06. The minimum absolute atomic E-state index is 0.728. The summed E-state index contributed by atoms with van der Waals surface area (Å²) >= 11 is 5.78. The van der Waals surface area contributed by atoms with Crippen LogP contribution in [0.4, 0.5) is 0 Å². The highest BCUT2D eigenvalue weighted by Gasteiger charge is 2.61. The molecule has 2 rings (SSSR count). The predicted molar refractivity (Wildman–Crippen MR) is 72.3 cm³/mol. The summed E-state index contributed by atoms with van der Waals surface area (Å²) in [5.41, 5.74) is 0. The maximum Gasteiger partial charge on any atom is 0.224 e. The molecule has 136 valence electrons. The van der Waals surface area contributed by atoms with Gasteiger partial charge < -0.3 is 50.3 Å². The summed E-state index contributed by atoms with van der Waals surface area (Å²) in [4.78, 5) is 0. The fourth-order valence-corrected chi connectivity index (χ4v) is 2.96. The molecule has 2 saturated heterocycles. The van der Waals surface area contributed by atoms with Crippen LogP contribution in [0.25, 0.3) is 0 Å². The Bertz CT molecular complexity index is 454. The normalized spacial score (nSPS) is 54.6. The Labute approximate surface area is 137 Å². The van der Waals surface area contributed by atoms with Gasteiger partial charge in [0, 0.05) is 0 Å². The summed E-state index contributed by atoms with van der Waals surface area (Å²) in [7, 11) is 0. The molecule has 8 N–H and O–H groups in total. The van der Waals surface area contributed by atoms with Crippen LogP contribution in [0.5, 0.6) is 0 Å². The van der Waals surface area contributed by atoms with Gasteiger partial charge >= 0.3 is 0 Å². The highest BCUT2D eigenvalue weighted by atomic mass is 35.5. The zero-order valence-electron chi connectivity index (χ0n) is 12.8. The van der Waals surface area contributed by atoms with Gasteiger partial charge in [0.2, 0.25) is 5.79 Å². The van der Waals surface area contributed by atoms with E-state index in [0.29, 0.717) is 0 Å². The lowest BCUT2D eigenvalue weighted by molar-refractivity contribution is -0.318. The minimum atomic E-state index is -3.30. The molecule has 0 saturated carbocycles. The third-order valence-electron chi connectivity index (χ3n) is 4.10. The molecule has 10 atom stereocenters. The number of hydrogen-bond acceptors (Lipinski definition) is 10. The molecule has 2 heterocycles. The molecule has 0 radical (unpaired) electrons. The molecule has 0 aliphatic carbocycles. The van der Waals surface area contributed by atoms with E-state index in [4.69, 9.17) is 27.6 Å². The maximum absolute atomic E-state index is 10.4. The Morgan fingerprint density at radius 1 is 1.04 bits per heavy atom. The lowest BCUT2D eigenvalue weighted by atomic mass is 9.88. The number of hydrogen-bond donors (Lipinski definition) is 8. The van der Waals surface area contributed by atoms with E-state index in [1.54, 1.807) is 0 Å². The van der Waals surface area contributed by atoms with E-state index in [0.717, 1.165) is 0 Å². The van der Waals surface area contributed by atoms with Crippen LogP contribution in [0, 0.1) is 0 Å². The Morgan fingerprint density at radius 2 is 1.61 bits per heavy atom. The van der Waals surface area contributed by atoms with Crippen molar-refractivity contribution in [2.45, 2.75) is 60.0 Å². The zero-order valence-corrected chi connectivity index (χ0v) is 12.6. The molecule has 0 aromatic heterocycles. The highest BCUT2D eigenvalue weighted by Crippen LogP contribution is 2.37. The first-order valence-electron chi connectivity index (χ1n) is 7.39. The number of aliphatic hydroxyl groups is 8. The van der Waals surface area contributed by atoms with E-state index in [-0.39, 0.29) is 0 Å². The van der Waals surface area contributed by atoms with Crippen LogP contribution in [0.2, 0.25) is 0 Å². The van der Waals surface area contributed by atoms with Crippen molar-refractivity contribution in [3.8, 4) is 0 Å². The molecular formula is C12H21ClO10. The van der Waals surface area contributed by atoms with E-state index < -0.39 is 73.2 Å². The first-order chi connectivity index (χ1) is 11.0. The molecule has 1 unspecified atom stereocenters. The van der Waals surface area contributed by atoms with Crippen LogP contribution in [0.1, 0.15) is 1.37 Å². The smallest absolute Gasteiger partial charge is 0.224 e. The number of ether oxygens (including phenoxy) is 2. The van der Waals surface area contributed by atoms with Crippen LogP contribution in [0.15, 0.2) is 0 Å². The molecule has 11 heteroatoms. The molecule has 0 aromatic rings. The molecule has 2 aliphatic heterocycles. The minimum Gasteiger partial charge on any atom is -0.394 e.